The Balaban J connectivity index is 2.18. The molecule has 0 aliphatic carbocycles. The van der Waals surface area contributed by atoms with Gasteiger partial charge in [-0.2, -0.15) is 0 Å². The van der Waals surface area contributed by atoms with E-state index in [-0.39, 0.29) is 38.8 Å². The third-order valence-electron chi connectivity index (χ3n) is 2.70. The molecule has 2 aromatic carbocycles. The van der Waals surface area contributed by atoms with E-state index in [4.69, 9.17) is 34.8 Å². The number of carbonyl (C=O) groups excluding carboxylic acids is 1. The SMILES string of the molecule is O=C(NCc1c(O)c(Cl)cc(Cl)c1Cl)c1ccccc1. The number of phenols is 1. The standard InChI is InChI=1S/C14H10Cl3NO2/c15-10-6-11(16)13(19)9(12(10)17)7-18-14(20)8-4-2-1-3-5-8/h1-6,19H,7H2,(H,18,20). The summed E-state index contributed by atoms with van der Waals surface area (Å²) in [6.45, 7) is 0.0265. The molecule has 104 valence electrons. The van der Waals surface area contributed by atoms with Crippen LogP contribution in [0.4, 0.5) is 0 Å². The predicted molar refractivity (Wildman–Crippen MR) is 80.7 cm³/mol. The van der Waals surface area contributed by atoms with Crippen molar-refractivity contribution >= 4 is 40.7 Å². The highest BCUT2D eigenvalue weighted by Crippen LogP contribution is 2.38. The quantitative estimate of drug-likeness (QED) is 0.825. The maximum absolute atomic E-state index is 11.9. The number of carbonyl (C=O) groups is 1. The van der Waals surface area contributed by atoms with Crippen LogP contribution >= 0.6 is 34.8 Å². The van der Waals surface area contributed by atoms with E-state index in [2.05, 4.69) is 5.32 Å². The fraction of sp³-hybridized carbons (Fsp3) is 0.0714. The Bertz CT molecular complexity index is 618. The maximum Gasteiger partial charge on any atom is 0.251 e. The van der Waals surface area contributed by atoms with Gasteiger partial charge in [0.25, 0.3) is 5.91 Å². The fourth-order valence-corrected chi connectivity index (χ4v) is 2.37. The molecule has 0 saturated heterocycles. The number of benzene rings is 2. The Hall–Kier alpha value is -1.42. The monoisotopic (exact) mass is 329 g/mol. The summed E-state index contributed by atoms with van der Waals surface area (Å²) in [6, 6.07) is 10.0. The van der Waals surface area contributed by atoms with Gasteiger partial charge in [-0.25, -0.2) is 0 Å². The summed E-state index contributed by atoms with van der Waals surface area (Å²) in [4.78, 5) is 11.9. The molecule has 0 bridgehead atoms. The van der Waals surface area contributed by atoms with Gasteiger partial charge < -0.3 is 10.4 Å². The summed E-state index contributed by atoms with van der Waals surface area (Å²) in [5.41, 5.74) is 0.796. The van der Waals surface area contributed by atoms with Gasteiger partial charge >= 0.3 is 0 Å². The Morgan fingerprint density at radius 1 is 1.10 bits per heavy atom. The minimum Gasteiger partial charge on any atom is -0.506 e. The van der Waals surface area contributed by atoms with E-state index in [1.807, 2.05) is 6.07 Å². The Labute approximate surface area is 131 Å². The number of rotatable bonds is 3. The number of nitrogens with one attached hydrogen (secondary N) is 1. The van der Waals surface area contributed by atoms with Crippen LogP contribution in [-0.2, 0) is 6.54 Å². The van der Waals surface area contributed by atoms with Crippen LogP contribution in [0.1, 0.15) is 15.9 Å². The number of amides is 1. The lowest BCUT2D eigenvalue weighted by molar-refractivity contribution is 0.0951. The first-order valence-electron chi connectivity index (χ1n) is 5.69. The van der Waals surface area contributed by atoms with Crippen molar-refractivity contribution in [3.63, 3.8) is 0 Å². The van der Waals surface area contributed by atoms with E-state index >= 15 is 0 Å². The van der Waals surface area contributed by atoms with Gasteiger partial charge in [0, 0.05) is 17.7 Å². The van der Waals surface area contributed by atoms with Gasteiger partial charge in [-0.05, 0) is 18.2 Å². The van der Waals surface area contributed by atoms with E-state index in [1.165, 1.54) is 6.07 Å². The summed E-state index contributed by atoms with van der Waals surface area (Å²) in [6.07, 6.45) is 0. The molecule has 0 spiro atoms. The van der Waals surface area contributed by atoms with Crippen LogP contribution in [-0.4, -0.2) is 11.0 Å². The maximum atomic E-state index is 11.9. The molecule has 2 aromatic rings. The number of hydrogen-bond acceptors (Lipinski definition) is 2. The molecule has 6 heteroatoms. The van der Waals surface area contributed by atoms with Crippen molar-refractivity contribution in [2.24, 2.45) is 0 Å². The lowest BCUT2D eigenvalue weighted by Gasteiger charge is -2.11. The van der Waals surface area contributed by atoms with Crippen LogP contribution in [0.15, 0.2) is 36.4 Å². The molecule has 0 unspecified atom stereocenters. The molecule has 0 aromatic heterocycles. The molecule has 20 heavy (non-hydrogen) atoms. The van der Waals surface area contributed by atoms with Crippen molar-refractivity contribution < 1.29 is 9.90 Å². The van der Waals surface area contributed by atoms with Crippen molar-refractivity contribution in [3.05, 3.63) is 62.6 Å². The van der Waals surface area contributed by atoms with Crippen LogP contribution in [0.3, 0.4) is 0 Å². The summed E-state index contributed by atoms with van der Waals surface area (Å²) in [5.74, 6) is -0.466. The topological polar surface area (TPSA) is 49.3 Å². The second kappa shape index (κ2) is 6.35. The molecular formula is C14H10Cl3NO2. The molecule has 0 saturated carbocycles. The summed E-state index contributed by atoms with van der Waals surface area (Å²) in [7, 11) is 0. The smallest absolute Gasteiger partial charge is 0.251 e. The number of phenolic OH excluding ortho intramolecular Hbond substituents is 1. The zero-order valence-electron chi connectivity index (χ0n) is 10.2. The minimum absolute atomic E-state index is 0.0265. The molecule has 0 radical (unpaired) electrons. The number of aromatic hydroxyl groups is 1. The zero-order chi connectivity index (χ0) is 14.7. The Morgan fingerprint density at radius 3 is 2.40 bits per heavy atom. The lowest BCUT2D eigenvalue weighted by Crippen LogP contribution is -2.23. The molecular weight excluding hydrogens is 321 g/mol. The van der Waals surface area contributed by atoms with Gasteiger partial charge in [0.2, 0.25) is 0 Å². The predicted octanol–water partition coefficient (Wildman–Crippen LogP) is 4.28. The average molecular weight is 331 g/mol. The molecule has 0 heterocycles. The third kappa shape index (κ3) is 3.18. The van der Waals surface area contributed by atoms with E-state index in [1.54, 1.807) is 24.3 Å². The van der Waals surface area contributed by atoms with Gasteiger partial charge in [-0.1, -0.05) is 53.0 Å². The van der Waals surface area contributed by atoms with Crippen LogP contribution in [0.25, 0.3) is 0 Å². The van der Waals surface area contributed by atoms with Gasteiger partial charge in [0.1, 0.15) is 5.75 Å². The van der Waals surface area contributed by atoms with Crippen LogP contribution in [0.5, 0.6) is 5.75 Å². The van der Waals surface area contributed by atoms with Gasteiger partial charge in [0.15, 0.2) is 0 Å². The van der Waals surface area contributed by atoms with Crippen LogP contribution in [0, 0.1) is 0 Å². The van der Waals surface area contributed by atoms with E-state index in [0.29, 0.717) is 5.56 Å². The molecule has 2 rings (SSSR count). The Morgan fingerprint density at radius 2 is 1.75 bits per heavy atom. The zero-order valence-corrected chi connectivity index (χ0v) is 12.4. The molecule has 0 atom stereocenters. The first kappa shape index (κ1) is 15.0. The first-order valence-corrected chi connectivity index (χ1v) is 6.82. The van der Waals surface area contributed by atoms with Crippen LogP contribution in [0.2, 0.25) is 15.1 Å². The van der Waals surface area contributed by atoms with E-state index in [0.717, 1.165) is 0 Å². The average Bonchev–Trinajstić information content (AvgIpc) is 2.46. The largest absolute Gasteiger partial charge is 0.506 e. The minimum atomic E-state index is -0.280. The molecule has 0 aliphatic rings. The molecule has 3 nitrogen and oxygen atoms in total. The van der Waals surface area contributed by atoms with Crippen molar-refractivity contribution in [3.8, 4) is 5.75 Å². The van der Waals surface area contributed by atoms with Crippen molar-refractivity contribution in [1.29, 1.82) is 0 Å². The van der Waals surface area contributed by atoms with Gasteiger partial charge in [-0.15, -0.1) is 0 Å². The highest BCUT2D eigenvalue weighted by atomic mass is 35.5. The second-order valence-corrected chi connectivity index (χ2v) is 5.22. The molecule has 0 aliphatic heterocycles. The molecule has 1 amide bonds. The molecule has 0 fully saturated rings. The lowest BCUT2D eigenvalue weighted by atomic mass is 10.1. The van der Waals surface area contributed by atoms with Gasteiger partial charge in [0.05, 0.1) is 15.1 Å². The van der Waals surface area contributed by atoms with Crippen LogP contribution < -0.4 is 5.32 Å². The number of hydrogen-bond donors (Lipinski definition) is 2. The highest BCUT2D eigenvalue weighted by molar-refractivity contribution is 6.44. The molecule has 2 N–H and O–H groups in total. The fourth-order valence-electron chi connectivity index (χ4n) is 1.66. The highest BCUT2D eigenvalue weighted by Gasteiger charge is 2.15. The van der Waals surface area contributed by atoms with Crippen molar-refractivity contribution in [1.82, 2.24) is 5.32 Å². The van der Waals surface area contributed by atoms with Crippen molar-refractivity contribution in [2.45, 2.75) is 6.54 Å². The second-order valence-electron chi connectivity index (χ2n) is 4.03. The third-order valence-corrected chi connectivity index (χ3v) is 3.82. The Kier molecular flexibility index (Phi) is 4.76. The van der Waals surface area contributed by atoms with E-state index < -0.39 is 0 Å². The van der Waals surface area contributed by atoms with E-state index in [9.17, 15) is 9.90 Å². The summed E-state index contributed by atoms with van der Waals surface area (Å²) in [5, 5.41) is 13.0. The summed E-state index contributed by atoms with van der Waals surface area (Å²) >= 11 is 17.7. The van der Waals surface area contributed by atoms with Gasteiger partial charge in [-0.3, -0.25) is 4.79 Å². The summed E-state index contributed by atoms with van der Waals surface area (Å²) < 4.78 is 0. The van der Waals surface area contributed by atoms with Crippen molar-refractivity contribution in [2.75, 3.05) is 0 Å². The number of halogens is 3. The first-order chi connectivity index (χ1) is 9.50. The normalized spacial score (nSPS) is 10.3.